The fourth-order valence-corrected chi connectivity index (χ4v) is 1.68. The molecule has 0 heterocycles. The van der Waals surface area contributed by atoms with E-state index in [9.17, 15) is 9.59 Å². The Kier molecular flexibility index (Phi) is 11.6. The van der Waals surface area contributed by atoms with Gasteiger partial charge in [0.15, 0.2) is 0 Å². The number of carboxylic acid groups (broad SMARTS) is 1. The van der Waals surface area contributed by atoms with E-state index in [2.05, 4.69) is 10.6 Å². The van der Waals surface area contributed by atoms with E-state index in [1.807, 2.05) is 7.05 Å². The molecule has 106 valence electrons. The second-order valence-corrected chi connectivity index (χ2v) is 4.47. The summed E-state index contributed by atoms with van der Waals surface area (Å²) in [5.41, 5.74) is 0. The van der Waals surface area contributed by atoms with Gasteiger partial charge in [0.25, 0.3) is 0 Å². The Morgan fingerprint density at radius 2 is 1.44 bits per heavy atom. The molecule has 0 aromatic heterocycles. The largest absolute Gasteiger partial charge is 0.481 e. The lowest BCUT2D eigenvalue weighted by Crippen LogP contribution is -2.30. The Labute approximate surface area is 109 Å². The summed E-state index contributed by atoms with van der Waals surface area (Å²) in [6.45, 7) is 1.49. The van der Waals surface area contributed by atoms with Gasteiger partial charge in [0.05, 0.1) is 0 Å². The van der Waals surface area contributed by atoms with Crippen molar-refractivity contribution in [3.8, 4) is 0 Å². The van der Waals surface area contributed by atoms with Crippen molar-refractivity contribution in [1.29, 1.82) is 0 Å². The first-order valence-electron chi connectivity index (χ1n) is 6.80. The molecular weight excluding hydrogens is 232 g/mol. The van der Waals surface area contributed by atoms with Crippen LogP contribution in [0.3, 0.4) is 0 Å². The minimum absolute atomic E-state index is 0.121. The first-order valence-corrected chi connectivity index (χ1v) is 6.80. The molecular formula is C13H26N2O3. The minimum atomic E-state index is -0.715. The van der Waals surface area contributed by atoms with Crippen molar-refractivity contribution >= 4 is 11.9 Å². The number of hydrogen-bond donors (Lipinski definition) is 3. The third-order valence-corrected chi connectivity index (χ3v) is 2.74. The van der Waals surface area contributed by atoms with Gasteiger partial charge < -0.3 is 15.7 Å². The molecule has 0 rings (SSSR count). The van der Waals surface area contributed by atoms with Crippen LogP contribution in [0.1, 0.15) is 51.4 Å². The summed E-state index contributed by atoms with van der Waals surface area (Å²) in [5.74, 6) is -0.593. The fraction of sp³-hybridized carbons (Fsp3) is 0.846. The molecule has 5 nitrogen and oxygen atoms in total. The number of amides is 1. The molecule has 0 fully saturated rings. The molecule has 0 atom stereocenters. The van der Waals surface area contributed by atoms with E-state index in [0.29, 0.717) is 13.0 Å². The van der Waals surface area contributed by atoms with E-state index < -0.39 is 5.97 Å². The molecule has 0 radical (unpaired) electrons. The number of likely N-dealkylation sites (N-methyl/N-ethyl adjacent to an activating group) is 1. The quantitative estimate of drug-likeness (QED) is 0.464. The number of carbonyl (C=O) groups excluding carboxylic acids is 1. The van der Waals surface area contributed by atoms with Crippen LogP contribution in [0.4, 0.5) is 0 Å². The van der Waals surface area contributed by atoms with Gasteiger partial charge in [-0.05, 0) is 19.9 Å². The van der Waals surface area contributed by atoms with Gasteiger partial charge in [0.2, 0.25) is 5.91 Å². The number of rotatable bonds is 12. The van der Waals surface area contributed by atoms with Gasteiger partial charge in [0, 0.05) is 25.9 Å². The summed E-state index contributed by atoms with van der Waals surface area (Å²) in [6.07, 6.45) is 6.72. The molecule has 3 N–H and O–H groups in total. The molecule has 0 aliphatic carbocycles. The molecule has 18 heavy (non-hydrogen) atoms. The number of aliphatic carboxylic acids is 1. The molecule has 1 amide bonds. The Balaban J connectivity index is 3.15. The van der Waals surface area contributed by atoms with E-state index in [1.165, 1.54) is 0 Å². The van der Waals surface area contributed by atoms with Gasteiger partial charge in [-0.15, -0.1) is 0 Å². The van der Waals surface area contributed by atoms with E-state index in [0.717, 1.165) is 45.1 Å². The first kappa shape index (κ1) is 16.9. The summed E-state index contributed by atoms with van der Waals surface area (Å²) in [7, 11) is 1.86. The average Bonchev–Trinajstić information content (AvgIpc) is 2.32. The van der Waals surface area contributed by atoms with Crippen molar-refractivity contribution in [1.82, 2.24) is 10.6 Å². The van der Waals surface area contributed by atoms with Gasteiger partial charge in [-0.25, -0.2) is 0 Å². The summed E-state index contributed by atoms with van der Waals surface area (Å²) < 4.78 is 0. The molecule has 0 saturated heterocycles. The zero-order chi connectivity index (χ0) is 13.6. The van der Waals surface area contributed by atoms with Gasteiger partial charge >= 0.3 is 5.97 Å². The second-order valence-electron chi connectivity index (χ2n) is 4.47. The zero-order valence-corrected chi connectivity index (χ0v) is 11.3. The maximum atomic E-state index is 11.3. The number of carbonyl (C=O) groups is 2. The first-order chi connectivity index (χ1) is 8.66. The Bertz CT molecular complexity index is 232. The maximum Gasteiger partial charge on any atom is 0.303 e. The SMILES string of the molecule is CNCCNC(=O)CCCCCCCCC(=O)O. The van der Waals surface area contributed by atoms with Gasteiger partial charge in [-0.3, -0.25) is 9.59 Å². The molecule has 0 bridgehead atoms. The third-order valence-electron chi connectivity index (χ3n) is 2.74. The van der Waals surface area contributed by atoms with E-state index >= 15 is 0 Å². The Hall–Kier alpha value is -1.10. The molecule has 0 aliphatic rings. The molecule has 5 heteroatoms. The molecule has 0 aliphatic heterocycles. The van der Waals surface area contributed by atoms with Gasteiger partial charge in [-0.1, -0.05) is 25.7 Å². The van der Waals surface area contributed by atoms with E-state index in [1.54, 1.807) is 0 Å². The van der Waals surface area contributed by atoms with Crippen LogP contribution in [0.2, 0.25) is 0 Å². The molecule has 0 aromatic carbocycles. The monoisotopic (exact) mass is 258 g/mol. The highest BCUT2D eigenvalue weighted by Gasteiger charge is 2.00. The Morgan fingerprint density at radius 1 is 0.889 bits per heavy atom. The molecule has 0 saturated carbocycles. The third kappa shape index (κ3) is 13.0. The summed E-state index contributed by atoms with van der Waals surface area (Å²) in [4.78, 5) is 21.6. The fourth-order valence-electron chi connectivity index (χ4n) is 1.68. The number of nitrogens with one attached hydrogen (secondary N) is 2. The Morgan fingerprint density at radius 3 is 2.00 bits per heavy atom. The van der Waals surface area contributed by atoms with E-state index in [-0.39, 0.29) is 12.3 Å². The minimum Gasteiger partial charge on any atom is -0.481 e. The maximum absolute atomic E-state index is 11.3. The van der Waals surface area contributed by atoms with Crippen LogP contribution in [-0.4, -0.2) is 37.1 Å². The highest BCUT2D eigenvalue weighted by molar-refractivity contribution is 5.75. The van der Waals surface area contributed by atoms with Gasteiger partial charge in [-0.2, -0.15) is 0 Å². The van der Waals surface area contributed by atoms with Crippen molar-refractivity contribution < 1.29 is 14.7 Å². The van der Waals surface area contributed by atoms with Crippen LogP contribution in [0, 0.1) is 0 Å². The highest BCUT2D eigenvalue weighted by Crippen LogP contribution is 2.08. The van der Waals surface area contributed by atoms with Crippen molar-refractivity contribution in [3.05, 3.63) is 0 Å². The zero-order valence-electron chi connectivity index (χ0n) is 11.3. The van der Waals surface area contributed by atoms with Crippen LogP contribution in [0.15, 0.2) is 0 Å². The average molecular weight is 258 g/mol. The summed E-state index contributed by atoms with van der Waals surface area (Å²) in [5, 5.41) is 14.3. The lowest BCUT2D eigenvalue weighted by molar-refractivity contribution is -0.137. The normalized spacial score (nSPS) is 10.3. The van der Waals surface area contributed by atoms with E-state index in [4.69, 9.17) is 5.11 Å². The van der Waals surface area contributed by atoms with Gasteiger partial charge in [0.1, 0.15) is 0 Å². The number of unbranched alkanes of at least 4 members (excludes halogenated alkanes) is 5. The van der Waals surface area contributed by atoms with Crippen LogP contribution < -0.4 is 10.6 Å². The standard InChI is InChI=1S/C13H26N2O3/c1-14-10-11-15-12(16)8-6-4-2-3-5-7-9-13(17)18/h14H,2-11H2,1H3,(H,15,16)(H,17,18). The summed E-state index contributed by atoms with van der Waals surface area (Å²) >= 11 is 0. The van der Waals surface area contributed by atoms with Crippen molar-refractivity contribution in [2.24, 2.45) is 0 Å². The van der Waals surface area contributed by atoms with Crippen molar-refractivity contribution in [3.63, 3.8) is 0 Å². The highest BCUT2D eigenvalue weighted by atomic mass is 16.4. The lowest BCUT2D eigenvalue weighted by Gasteiger charge is -2.04. The molecule has 0 aromatic rings. The lowest BCUT2D eigenvalue weighted by atomic mass is 10.1. The smallest absolute Gasteiger partial charge is 0.303 e. The topological polar surface area (TPSA) is 78.4 Å². The number of carboxylic acids is 1. The predicted molar refractivity (Wildman–Crippen MR) is 71.5 cm³/mol. The van der Waals surface area contributed by atoms with Crippen LogP contribution in [-0.2, 0) is 9.59 Å². The molecule has 0 unspecified atom stereocenters. The second kappa shape index (κ2) is 12.4. The summed E-state index contributed by atoms with van der Waals surface area (Å²) in [6, 6.07) is 0. The predicted octanol–water partition coefficient (Wildman–Crippen LogP) is 1.53. The number of hydrogen-bond acceptors (Lipinski definition) is 3. The van der Waals surface area contributed by atoms with Crippen molar-refractivity contribution in [2.45, 2.75) is 51.4 Å². The van der Waals surface area contributed by atoms with Crippen LogP contribution >= 0.6 is 0 Å². The van der Waals surface area contributed by atoms with Crippen LogP contribution in [0.5, 0.6) is 0 Å². The van der Waals surface area contributed by atoms with Crippen LogP contribution in [0.25, 0.3) is 0 Å². The molecule has 0 spiro atoms. The van der Waals surface area contributed by atoms with Crippen molar-refractivity contribution in [2.75, 3.05) is 20.1 Å².